The maximum atomic E-state index is 12.2. The molecule has 1 aromatic carbocycles. The van der Waals surface area contributed by atoms with E-state index in [0.717, 1.165) is 0 Å². The van der Waals surface area contributed by atoms with Crippen molar-refractivity contribution in [2.45, 2.75) is 11.8 Å². The molecule has 0 aliphatic rings. The Kier molecular flexibility index (Phi) is 6.66. The number of nitrogen functional groups attached to an aromatic ring is 1. The number of pyridine rings is 1. The lowest BCUT2D eigenvalue weighted by molar-refractivity contribution is 0.0950. The Morgan fingerprint density at radius 2 is 1.74 bits per heavy atom. The van der Waals surface area contributed by atoms with Gasteiger partial charge in [-0.15, -0.1) is 0 Å². The summed E-state index contributed by atoms with van der Waals surface area (Å²) in [6, 6.07) is 5.94. The zero-order valence-corrected chi connectivity index (χ0v) is 17.1. The molecule has 0 fully saturated rings. The van der Waals surface area contributed by atoms with E-state index < -0.39 is 15.9 Å². The number of halogens is 3. The van der Waals surface area contributed by atoms with Gasteiger partial charge in [-0.2, -0.15) is 5.10 Å². The molecule has 144 valence electrons. The molecular formula is C15H14Cl3N5O3S. The van der Waals surface area contributed by atoms with Gasteiger partial charge in [0.2, 0.25) is 10.0 Å². The van der Waals surface area contributed by atoms with Gasteiger partial charge in [0.15, 0.2) is 10.8 Å². The van der Waals surface area contributed by atoms with Crippen molar-refractivity contribution < 1.29 is 13.2 Å². The number of rotatable bonds is 5. The van der Waals surface area contributed by atoms with Gasteiger partial charge in [0.1, 0.15) is 5.02 Å². The third kappa shape index (κ3) is 4.69. The lowest BCUT2D eigenvalue weighted by Crippen LogP contribution is -2.22. The molecule has 0 aliphatic carbocycles. The van der Waals surface area contributed by atoms with E-state index in [1.165, 1.54) is 19.2 Å². The van der Waals surface area contributed by atoms with Gasteiger partial charge in [-0.3, -0.25) is 4.79 Å². The number of amides is 1. The summed E-state index contributed by atoms with van der Waals surface area (Å²) >= 11 is 17.6. The number of nitrogens with zero attached hydrogens (tertiary/aromatic N) is 2. The largest absolute Gasteiger partial charge is 0.396 e. The number of anilines is 1. The quantitative estimate of drug-likeness (QED) is 0.367. The fourth-order valence-corrected chi connectivity index (χ4v) is 3.25. The zero-order chi connectivity index (χ0) is 20.4. The number of nitrogens with one attached hydrogen (secondary N) is 2. The first-order valence-electron chi connectivity index (χ1n) is 7.27. The van der Waals surface area contributed by atoms with Crippen molar-refractivity contribution in [3.63, 3.8) is 0 Å². The Hall–Kier alpha value is -1.91. The Balaban J connectivity index is 2.22. The van der Waals surface area contributed by atoms with Crippen LogP contribution in [0, 0.1) is 0 Å². The smallest absolute Gasteiger partial charge is 0.291 e. The van der Waals surface area contributed by atoms with Crippen LogP contribution in [0.3, 0.4) is 0 Å². The molecule has 0 unspecified atom stereocenters. The Bertz CT molecular complexity index is 1020. The summed E-state index contributed by atoms with van der Waals surface area (Å²) in [7, 11) is -2.22. The molecule has 0 saturated carbocycles. The van der Waals surface area contributed by atoms with Gasteiger partial charge in [0, 0.05) is 0 Å². The highest BCUT2D eigenvalue weighted by Crippen LogP contribution is 2.34. The Morgan fingerprint density at radius 1 is 1.15 bits per heavy atom. The van der Waals surface area contributed by atoms with Crippen molar-refractivity contribution in [3.05, 3.63) is 50.7 Å². The van der Waals surface area contributed by atoms with Gasteiger partial charge in [0.25, 0.3) is 5.91 Å². The SMILES string of the molecule is CNS(=O)(=O)c1ccc(/C(C)=N/NC(=O)c2nc(Cl)c(Cl)c(N)c2Cl)cc1. The molecule has 0 bridgehead atoms. The monoisotopic (exact) mass is 449 g/mol. The van der Waals surface area contributed by atoms with Gasteiger partial charge in [-0.05, 0) is 31.7 Å². The molecule has 2 rings (SSSR count). The number of hydrazone groups is 1. The van der Waals surface area contributed by atoms with Crippen molar-refractivity contribution in [2.75, 3.05) is 12.8 Å². The standard InChI is InChI=1S/C15H14Cl3N5O3S/c1-7(8-3-5-9(6-4-8)27(25,26)20-2)22-23-15(24)13-10(16)12(19)11(17)14(18)21-13/h3-6,20H,1-2H3,(H2,19,21)(H,23,24)/b22-7+. The van der Waals surface area contributed by atoms with Gasteiger partial charge < -0.3 is 5.73 Å². The summed E-state index contributed by atoms with van der Waals surface area (Å²) in [6.07, 6.45) is 0. The molecule has 0 radical (unpaired) electrons. The van der Waals surface area contributed by atoms with E-state index >= 15 is 0 Å². The van der Waals surface area contributed by atoms with Crippen molar-refractivity contribution in [3.8, 4) is 0 Å². The third-order valence-electron chi connectivity index (χ3n) is 3.46. The van der Waals surface area contributed by atoms with Crippen LogP contribution in [0.4, 0.5) is 5.69 Å². The zero-order valence-electron chi connectivity index (χ0n) is 14.0. The molecular weight excluding hydrogens is 437 g/mol. The lowest BCUT2D eigenvalue weighted by atomic mass is 10.1. The molecule has 0 saturated heterocycles. The van der Waals surface area contributed by atoms with Crippen molar-refractivity contribution >= 4 is 62.1 Å². The van der Waals surface area contributed by atoms with Crippen LogP contribution in [0.2, 0.25) is 15.2 Å². The molecule has 0 aliphatic heterocycles. The number of carbonyl (C=O) groups excluding carboxylic acids is 1. The molecule has 1 amide bonds. The van der Waals surface area contributed by atoms with Crippen LogP contribution in [-0.4, -0.2) is 32.1 Å². The van der Waals surface area contributed by atoms with Crippen molar-refractivity contribution in [1.29, 1.82) is 0 Å². The van der Waals surface area contributed by atoms with Gasteiger partial charge in [-0.1, -0.05) is 46.9 Å². The van der Waals surface area contributed by atoms with Gasteiger partial charge >= 0.3 is 0 Å². The number of aromatic nitrogens is 1. The average Bonchev–Trinajstić information content (AvgIpc) is 2.67. The molecule has 4 N–H and O–H groups in total. The number of sulfonamides is 1. The molecule has 1 heterocycles. The van der Waals surface area contributed by atoms with E-state index in [2.05, 4.69) is 20.2 Å². The lowest BCUT2D eigenvalue weighted by Gasteiger charge is -2.08. The highest BCUT2D eigenvalue weighted by atomic mass is 35.5. The van der Waals surface area contributed by atoms with E-state index in [0.29, 0.717) is 11.3 Å². The van der Waals surface area contributed by atoms with Crippen LogP contribution >= 0.6 is 34.8 Å². The summed E-state index contributed by atoms with van der Waals surface area (Å²) in [5.74, 6) is -0.737. The predicted octanol–water partition coefficient (Wildman–Crippen LogP) is 2.69. The van der Waals surface area contributed by atoms with E-state index in [1.807, 2.05) is 0 Å². The average molecular weight is 451 g/mol. The first kappa shape index (κ1) is 21.4. The highest BCUT2D eigenvalue weighted by molar-refractivity contribution is 7.89. The highest BCUT2D eigenvalue weighted by Gasteiger charge is 2.19. The number of nitrogens with two attached hydrogens (primary N) is 1. The second-order valence-electron chi connectivity index (χ2n) is 5.16. The van der Waals surface area contributed by atoms with Crippen LogP contribution in [0.15, 0.2) is 34.3 Å². The first-order valence-corrected chi connectivity index (χ1v) is 9.88. The minimum atomic E-state index is -3.54. The summed E-state index contributed by atoms with van der Waals surface area (Å²) in [5.41, 5.74) is 8.68. The van der Waals surface area contributed by atoms with Crippen LogP contribution < -0.4 is 15.9 Å². The topological polar surface area (TPSA) is 127 Å². The van der Waals surface area contributed by atoms with Crippen molar-refractivity contribution in [1.82, 2.24) is 15.1 Å². The maximum absolute atomic E-state index is 12.2. The van der Waals surface area contributed by atoms with Crippen molar-refractivity contribution in [2.24, 2.45) is 5.10 Å². The number of hydrogen-bond donors (Lipinski definition) is 3. The third-order valence-corrected chi connectivity index (χ3v) is 6.03. The van der Waals surface area contributed by atoms with Crippen LogP contribution in [-0.2, 0) is 10.0 Å². The first-order chi connectivity index (χ1) is 12.6. The van der Waals surface area contributed by atoms with Gasteiger partial charge in [-0.25, -0.2) is 23.5 Å². The molecule has 0 spiro atoms. The fourth-order valence-electron chi connectivity index (χ4n) is 1.93. The normalized spacial score (nSPS) is 12.1. The van der Waals surface area contributed by atoms with Gasteiger partial charge in [0.05, 0.1) is 21.3 Å². The van der Waals surface area contributed by atoms with E-state index in [4.69, 9.17) is 40.5 Å². The minimum absolute atomic E-state index is 0.0468. The predicted molar refractivity (Wildman–Crippen MR) is 106 cm³/mol. The summed E-state index contributed by atoms with van der Waals surface area (Å²) in [6.45, 7) is 1.63. The number of hydrogen-bond acceptors (Lipinski definition) is 6. The van der Waals surface area contributed by atoms with Crippen LogP contribution in [0.5, 0.6) is 0 Å². The summed E-state index contributed by atoms with van der Waals surface area (Å²) in [5, 5.41) is 3.59. The van der Waals surface area contributed by atoms with Crippen LogP contribution in [0.25, 0.3) is 0 Å². The Labute approximate surface area is 170 Å². The minimum Gasteiger partial charge on any atom is -0.396 e. The second-order valence-corrected chi connectivity index (χ2v) is 8.16. The molecule has 1 aromatic heterocycles. The maximum Gasteiger partial charge on any atom is 0.291 e. The Morgan fingerprint density at radius 3 is 2.30 bits per heavy atom. The summed E-state index contributed by atoms with van der Waals surface area (Å²) < 4.78 is 25.7. The molecule has 12 heteroatoms. The summed E-state index contributed by atoms with van der Waals surface area (Å²) in [4.78, 5) is 16.1. The molecule has 8 nitrogen and oxygen atoms in total. The van der Waals surface area contributed by atoms with Crippen LogP contribution in [0.1, 0.15) is 23.0 Å². The molecule has 0 atom stereocenters. The molecule has 27 heavy (non-hydrogen) atoms. The van der Waals surface area contributed by atoms with E-state index in [1.54, 1.807) is 19.1 Å². The number of benzene rings is 1. The number of carbonyl (C=O) groups is 1. The second kappa shape index (κ2) is 8.41. The van der Waals surface area contributed by atoms with E-state index in [-0.39, 0.29) is 31.5 Å². The molecule has 2 aromatic rings. The van der Waals surface area contributed by atoms with E-state index in [9.17, 15) is 13.2 Å². The fraction of sp³-hybridized carbons (Fsp3) is 0.133.